The molecule has 23 heavy (non-hydrogen) atoms. The van der Waals surface area contributed by atoms with Crippen LogP contribution < -0.4 is 5.32 Å². The van der Waals surface area contributed by atoms with E-state index in [0.29, 0.717) is 11.1 Å². The van der Waals surface area contributed by atoms with Crippen LogP contribution in [0.5, 0.6) is 0 Å². The number of nitrogens with one attached hydrogen (secondary N) is 2. The van der Waals surface area contributed by atoms with Crippen LogP contribution in [-0.2, 0) is 4.79 Å². The summed E-state index contributed by atoms with van der Waals surface area (Å²) in [6.45, 7) is 7.40. The number of carbonyl (C=O) groups excluding carboxylic acids is 1. The predicted molar refractivity (Wildman–Crippen MR) is 89.9 cm³/mol. The summed E-state index contributed by atoms with van der Waals surface area (Å²) in [6.07, 6.45) is 4.80. The van der Waals surface area contributed by atoms with Crippen LogP contribution in [0.15, 0.2) is 5.16 Å². The van der Waals surface area contributed by atoms with Crippen molar-refractivity contribution < 1.29 is 4.79 Å². The van der Waals surface area contributed by atoms with Crippen LogP contribution in [0, 0.1) is 17.2 Å². The van der Waals surface area contributed by atoms with Gasteiger partial charge in [0.1, 0.15) is 11.4 Å². The molecular weight excluding hydrogens is 310 g/mol. The highest BCUT2D eigenvalue weighted by atomic mass is 32.2. The second-order valence-corrected chi connectivity index (χ2v) is 8.01. The molecule has 6 nitrogen and oxygen atoms in total. The second kappa shape index (κ2) is 7.35. The van der Waals surface area contributed by atoms with E-state index in [9.17, 15) is 10.1 Å². The Labute approximate surface area is 141 Å². The zero-order valence-electron chi connectivity index (χ0n) is 14.2. The van der Waals surface area contributed by atoms with E-state index in [4.69, 9.17) is 0 Å². The van der Waals surface area contributed by atoms with Gasteiger partial charge in [-0.05, 0) is 32.6 Å². The standard InChI is InChI=1S/C16H25N5OS/c1-10(2)16(4,9-17)19-14(22)11(3)23-15-18-13(20-21-15)12-7-5-6-8-12/h10-12H,5-8H2,1-4H3,(H,19,22)(H,18,20,21). The molecule has 0 saturated heterocycles. The normalized spacial score (nSPS) is 19.3. The number of aromatic nitrogens is 3. The van der Waals surface area contributed by atoms with Crippen molar-refractivity contribution in [1.29, 1.82) is 5.26 Å². The first-order valence-corrected chi connectivity index (χ1v) is 9.06. The lowest BCUT2D eigenvalue weighted by molar-refractivity contribution is -0.121. The number of thioether (sulfide) groups is 1. The summed E-state index contributed by atoms with van der Waals surface area (Å²) in [4.78, 5) is 16.9. The lowest BCUT2D eigenvalue weighted by atomic mass is 9.90. The third kappa shape index (κ3) is 4.25. The molecule has 1 saturated carbocycles. The van der Waals surface area contributed by atoms with Gasteiger partial charge >= 0.3 is 0 Å². The van der Waals surface area contributed by atoms with Crippen LogP contribution in [0.25, 0.3) is 0 Å². The van der Waals surface area contributed by atoms with E-state index in [1.165, 1.54) is 24.6 Å². The van der Waals surface area contributed by atoms with Crippen LogP contribution >= 0.6 is 11.8 Å². The van der Waals surface area contributed by atoms with Gasteiger partial charge in [0, 0.05) is 5.92 Å². The van der Waals surface area contributed by atoms with Crippen molar-refractivity contribution in [2.24, 2.45) is 5.92 Å². The fraction of sp³-hybridized carbons (Fsp3) is 0.750. The zero-order chi connectivity index (χ0) is 17.0. The van der Waals surface area contributed by atoms with Gasteiger partial charge in [-0.15, -0.1) is 5.10 Å². The maximum atomic E-state index is 12.3. The summed E-state index contributed by atoms with van der Waals surface area (Å²) in [5.74, 6) is 1.27. The molecule has 2 rings (SSSR count). The van der Waals surface area contributed by atoms with Crippen molar-refractivity contribution in [3.05, 3.63) is 5.82 Å². The minimum atomic E-state index is -0.861. The van der Waals surface area contributed by atoms with Crippen LogP contribution in [0.1, 0.15) is 65.1 Å². The molecule has 2 atom stereocenters. The number of rotatable bonds is 6. The van der Waals surface area contributed by atoms with E-state index in [2.05, 4.69) is 26.6 Å². The third-order valence-electron chi connectivity index (χ3n) is 4.65. The van der Waals surface area contributed by atoms with E-state index in [0.717, 1.165) is 18.7 Å². The largest absolute Gasteiger partial charge is 0.337 e. The Kier molecular flexibility index (Phi) is 5.69. The zero-order valence-corrected chi connectivity index (χ0v) is 15.0. The molecule has 0 radical (unpaired) electrons. The van der Waals surface area contributed by atoms with Crippen molar-refractivity contribution in [3.8, 4) is 6.07 Å². The molecule has 2 unspecified atom stereocenters. The van der Waals surface area contributed by atoms with Crippen molar-refractivity contribution in [2.45, 2.75) is 75.2 Å². The highest BCUT2D eigenvalue weighted by Gasteiger charge is 2.32. The number of aromatic amines is 1. The van der Waals surface area contributed by atoms with E-state index >= 15 is 0 Å². The van der Waals surface area contributed by atoms with Gasteiger partial charge in [-0.2, -0.15) is 5.26 Å². The molecule has 0 aromatic carbocycles. The molecule has 0 spiro atoms. The van der Waals surface area contributed by atoms with Crippen molar-refractivity contribution in [3.63, 3.8) is 0 Å². The number of hydrogen-bond acceptors (Lipinski definition) is 5. The Bertz CT molecular complexity index is 588. The van der Waals surface area contributed by atoms with Gasteiger partial charge in [-0.3, -0.25) is 9.89 Å². The smallest absolute Gasteiger partial charge is 0.234 e. The number of H-pyrrole nitrogens is 1. The molecule has 1 amide bonds. The summed E-state index contributed by atoms with van der Waals surface area (Å²) < 4.78 is 0. The number of nitrogens with zero attached hydrogens (tertiary/aromatic N) is 3. The molecular formula is C16H25N5OS. The number of nitriles is 1. The Morgan fingerprint density at radius 1 is 1.43 bits per heavy atom. The first-order chi connectivity index (χ1) is 10.9. The predicted octanol–water partition coefficient (Wildman–Crippen LogP) is 3.00. The summed E-state index contributed by atoms with van der Waals surface area (Å²) in [5.41, 5.74) is -0.861. The van der Waals surface area contributed by atoms with Crippen molar-refractivity contribution in [1.82, 2.24) is 20.5 Å². The molecule has 126 valence electrons. The first kappa shape index (κ1) is 17.8. The van der Waals surface area contributed by atoms with Crippen molar-refractivity contribution >= 4 is 17.7 Å². The lowest BCUT2D eigenvalue weighted by Gasteiger charge is -2.28. The van der Waals surface area contributed by atoms with E-state index in [1.807, 2.05) is 20.8 Å². The van der Waals surface area contributed by atoms with Crippen molar-refractivity contribution in [2.75, 3.05) is 0 Å². The molecule has 1 aromatic heterocycles. The summed E-state index contributed by atoms with van der Waals surface area (Å²) >= 11 is 1.32. The highest BCUT2D eigenvalue weighted by molar-refractivity contribution is 8.00. The molecule has 0 bridgehead atoms. The van der Waals surface area contributed by atoms with Gasteiger partial charge in [-0.25, -0.2) is 4.98 Å². The topological polar surface area (TPSA) is 94.5 Å². The fourth-order valence-electron chi connectivity index (χ4n) is 2.56. The van der Waals surface area contributed by atoms with E-state index in [-0.39, 0.29) is 17.1 Å². The average Bonchev–Trinajstić information content (AvgIpc) is 3.17. The number of carbonyl (C=O) groups is 1. The van der Waals surface area contributed by atoms with Crippen LogP contribution in [-0.4, -0.2) is 31.9 Å². The van der Waals surface area contributed by atoms with Gasteiger partial charge in [0.2, 0.25) is 11.1 Å². The quantitative estimate of drug-likeness (QED) is 0.779. The molecule has 0 aliphatic heterocycles. The second-order valence-electron chi connectivity index (χ2n) is 6.70. The van der Waals surface area contributed by atoms with Crippen LogP contribution in [0.4, 0.5) is 0 Å². The number of hydrogen-bond donors (Lipinski definition) is 2. The van der Waals surface area contributed by atoms with E-state index in [1.54, 1.807) is 6.92 Å². The minimum Gasteiger partial charge on any atom is -0.337 e. The van der Waals surface area contributed by atoms with Crippen LogP contribution in [0.2, 0.25) is 0 Å². The molecule has 7 heteroatoms. The Balaban J connectivity index is 1.94. The lowest BCUT2D eigenvalue weighted by Crippen LogP contribution is -2.51. The minimum absolute atomic E-state index is 0.0335. The summed E-state index contributed by atoms with van der Waals surface area (Å²) in [7, 11) is 0. The molecule has 1 aliphatic carbocycles. The summed E-state index contributed by atoms with van der Waals surface area (Å²) in [5, 5.41) is 19.6. The Morgan fingerprint density at radius 3 is 2.65 bits per heavy atom. The van der Waals surface area contributed by atoms with Gasteiger partial charge in [-0.1, -0.05) is 38.5 Å². The Hall–Kier alpha value is -1.55. The molecule has 1 aromatic rings. The van der Waals surface area contributed by atoms with Gasteiger partial charge in [0.25, 0.3) is 0 Å². The average molecular weight is 335 g/mol. The van der Waals surface area contributed by atoms with Crippen LogP contribution in [0.3, 0.4) is 0 Å². The molecule has 2 N–H and O–H groups in total. The maximum absolute atomic E-state index is 12.3. The molecule has 1 fully saturated rings. The molecule has 1 heterocycles. The van der Waals surface area contributed by atoms with Gasteiger partial charge < -0.3 is 5.32 Å². The highest BCUT2D eigenvalue weighted by Crippen LogP contribution is 2.33. The Morgan fingerprint density at radius 2 is 2.09 bits per heavy atom. The SMILES string of the molecule is CC(Sc1n[nH]c(C2CCCC2)n1)C(=O)NC(C)(C#N)C(C)C. The number of amides is 1. The van der Waals surface area contributed by atoms with Gasteiger partial charge in [0.15, 0.2) is 0 Å². The van der Waals surface area contributed by atoms with E-state index < -0.39 is 5.54 Å². The van der Waals surface area contributed by atoms with Gasteiger partial charge in [0.05, 0.1) is 11.3 Å². The monoisotopic (exact) mass is 335 g/mol. The maximum Gasteiger partial charge on any atom is 0.234 e. The summed E-state index contributed by atoms with van der Waals surface area (Å²) in [6, 6.07) is 2.19. The molecule has 1 aliphatic rings. The fourth-order valence-corrected chi connectivity index (χ4v) is 3.29. The first-order valence-electron chi connectivity index (χ1n) is 8.18. The third-order valence-corrected chi connectivity index (χ3v) is 5.61.